The Kier molecular flexibility index (Phi) is 4.37. The van der Waals surface area contributed by atoms with Crippen LogP contribution < -0.4 is 5.32 Å². The quantitative estimate of drug-likeness (QED) is 0.809. The molecule has 0 saturated carbocycles. The van der Waals surface area contributed by atoms with Crippen LogP contribution in [0.5, 0.6) is 0 Å². The maximum atomic E-state index is 12.3. The van der Waals surface area contributed by atoms with Gasteiger partial charge in [0.05, 0.1) is 16.1 Å². The van der Waals surface area contributed by atoms with Gasteiger partial charge in [0, 0.05) is 19.7 Å². The van der Waals surface area contributed by atoms with Crippen LogP contribution in [0.3, 0.4) is 0 Å². The van der Waals surface area contributed by atoms with Gasteiger partial charge >= 0.3 is 0 Å². The highest BCUT2D eigenvalue weighted by atomic mass is 32.2. The van der Waals surface area contributed by atoms with Crippen LogP contribution in [-0.2, 0) is 14.6 Å². The molecular weight excluding hydrogens is 226 g/mol. The summed E-state index contributed by atoms with van der Waals surface area (Å²) in [6.07, 6.45) is 0.640. The van der Waals surface area contributed by atoms with Crippen LogP contribution in [0.15, 0.2) is 0 Å². The molecule has 0 aromatic heterocycles. The van der Waals surface area contributed by atoms with E-state index >= 15 is 0 Å². The van der Waals surface area contributed by atoms with Gasteiger partial charge < -0.3 is 10.1 Å². The zero-order valence-corrected chi connectivity index (χ0v) is 11.4. The molecule has 1 aliphatic rings. The van der Waals surface area contributed by atoms with Crippen LogP contribution in [0.25, 0.3) is 0 Å². The van der Waals surface area contributed by atoms with E-state index in [0.29, 0.717) is 19.6 Å². The number of hydrogen-bond acceptors (Lipinski definition) is 4. The molecule has 1 heterocycles. The van der Waals surface area contributed by atoms with Crippen molar-refractivity contribution >= 4 is 9.84 Å². The van der Waals surface area contributed by atoms with Crippen LogP contribution in [-0.4, -0.2) is 44.2 Å². The molecule has 96 valence electrons. The van der Waals surface area contributed by atoms with Gasteiger partial charge in [-0.05, 0) is 34.1 Å². The summed E-state index contributed by atoms with van der Waals surface area (Å²) in [7, 11) is -3.09. The molecule has 1 saturated heterocycles. The van der Waals surface area contributed by atoms with Gasteiger partial charge in [-0.15, -0.1) is 0 Å². The van der Waals surface area contributed by atoms with E-state index in [4.69, 9.17) is 4.74 Å². The first-order chi connectivity index (χ1) is 7.29. The van der Waals surface area contributed by atoms with Crippen LogP contribution in [0, 0.1) is 0 Å². The second-order valence-electron chi connectivity index (χ2n) is 5.25. The number of hydrogen-bond donors (Lipinski definition) is 1. The van der Waals surface area contributed by atoms with Crippen molar-refractivity contribution in [2.45, 2.75) is 50.2 Å². The Labute approximate surface area is 98.7 Å². The molecule has 4 nitrogen and oxygen atoms in total. The number of ether oxygens (including phenoxy) is 1. The van der Waals surface area contributed by atoms with Crippen LogP contribution >= 0.6 is 0 Å². The first-order valence-electron chi connectivity index (χ1n) is 5.84. The lowest BCUT2D eigenvalue weighted by molar-refractivity contribution is 0.0465. The molecule has 0 radical (unpaired) electrons. The Balaban J connectivity index is 2.74. The summed E-state index contributed by atoms with van der Waals surface area (Å²) in [5.74, 6) is 0. The van der Waals surface area contributed by atoms with Crippen LogP contribution in [0.4, 0.5) is 0 Å². The fourth-order valence-electron chi connectivity index (χ4n) is 1.96. The third-order valence-corrected chi connectivity index (χ3v) is 5.91. The summed E-state index contributed by atoms with van der Waals surface area (Å²) in [5.41, 5.74) is 0. The summed E-state index contributed by atoms with van der Waals surface area (Å²) in [5, 5.41) is 2.82. The van der Waals surface area contributed by atoms with E-state index in [1.807, 2.05) is 6.92 Å². The molecule has 5 heteroatoms. The van der Waals surface area contributed by atoms with Gasteiger partial charge in [-0.3, -0.25) is 0 Å². The minimum absolute atomic E-state index is 0.0286. The second kappa shape index (κ2) is 5.02. The first-order valence-corrected chi connectivity index (χ1v) is 7.39. The molecule has 1 rings (SSSR count). The van der Waals surface area contributed by atoms with Gasteiger partial charge in [0.15, 0.2) is 9.84 Å². The average Bonchev–Trinajstić information content (AvgIpc) is 2.17. The van der Waals surface area contributed by atoms with Gasteiger partial charge in [-0.25, -0.2) is 8.42 Å². The molecule has 0 aromatic carbocycles. The third-order valence-electron chi connectivity index (χ3n) is 2.96. The molecule has 1 fully saturated rings. The SMILES string of the molecule is CCOC1CNCC(S(=O)(=O)C(C)(C)C)C1. The third kappa shape index (κ3) is 2.96. The smallest absolute Gasteiger partial charge is 0.159 e. The number of rotatable bonds is 3. The van der Waals surface area contributed by atoms with Crippen molar-refractivity contribution in [2.24, 2.45) is 0 Å². The van der Waals surface area contributed by atoms with Crippen LogP contribution in [0.1, 0.15) is 34.1 Å². The zero-order chi connectivity index (χ0) is 12.4. The maximum absolute atomic E-state index is 12.3. The minimum atomic E-state index is -3.09. The molecule has 16 heavy (non-hydrogen) atoms. The van der Waals surface area contributed by atoms with Crippen LogP contribution in [0.2, 0.25) is 0 Å². The maximum Gasteiger partial charge on any atom is 0.159 e. The predicted octanol–water partition coefficient (Wildman–Crippen LogP) is 0.967. The monoisotopic (exact) mass is 249 g/mol. The van der Waals surface area contributed by atoms with Crippen molar-refractivity contribution in [3.8, 4) is 0 Å². The topological polar surface area (TPSA) is 55.4 Å². The van der Waals surface area contributed by atoms with Crippen molar-refractivity contribution < 1.29 is 13.2 Å². The molecule has 0 spiro atoms. The fraction of sp³-hybridized carbons (Fsp3) is 1.00. The lowest BCUT2D eigenvalue weighted by atomic mass is 10.1. The zero-order valence-electron chi connectivity index (χ0n) is 10.6. The van der Waals surface area contributed by atoms with E-state index in [9.17, 15) is 8.42 Å². The molecule has 1 aliphatic heterocycles. The van der Waals surface area contributed by atoms with E-state index < -0.39 is 14.6 Å². The minimum Gasteiger partial charge on any atom is -0.377 e. The highest BCUT2D eigenvalue weighted by Crippen LogP contribution is 2.25. The van der Waals surface area contributed by atoms with Gasteiger partial charge in [0.2, 0.25) is 0 Å². The molecule has 0 aliphatic carbocycles. The lowest BCUT2D eigenvalue weighted by Crippen LogP contribution is -2.50. The highest BCUT2D eigenvalue weighted by molar-refractivity contribution is 7.93. The van der Waals surface area contributed by atoms with Crippen molar-refractivity contribution in [2.75, 3.05) is 19.7 Å². The number of nitrogens with one attached hydrogen (secondary N) is 1. The van der Waals surface area contributed by atoms with E-state index in [1.54, 1.807) is 20.8 Å². The molecule has 1 N–H and O–H groups in total. The van der Waals surface area contributed by atoms with Gasteiger partial charge in [-0.2, -0.15) is 0 Å². The number of sulfone groups is 1. The highest BCUT2D eigenvalue weighted by Gasteiger charge is 2.39. The largest absolute Gasteiger partial charge is 0.377 e. The van der Waals surface area contributed by atoms with E-state index in [0.717, 1.165) is 6.54 Å². The first kappa shape index (κ1) is 13.9. The molecule has 2 atom stereocenters. The lowest BCUT2D eigenvalue weighted by Gasteiger charge is -2.33. The average molecular weight is 249 g/mol. The Hall–Kier alpha value is -0.130. The Morgan fingerprint density at radius 1 is 1.31 bits per heavy atom. The van der Waals surface area contributed by atoms with Gasteiger partial charge in [0.1, 0.15) is 0 Å². The molecule has 0 aromatic rings. The summed E-state index contributed by atoms with van der Waals surface area (Å²) < 4.78 is 29.3. The number of piperidine rings is 1. The summed E-state index contributed by atoms with van der Waals surface area (Å²) >= 11 is 0. The Bertz CT molecular complexity index is 317. The van der Waals surface area contributed by atoms with Crippen molar-refractivity contribution in [3.05, 3.63) is 0 Å². The van der Waals surface area contributed by atoms with Crippen molar-refractivity contribution in [3.63, 3.8) is 0 Å². The van der Waals surface area contributed by atoms with E-state index in [-0.39, 0.29) is 11.4 Å². The summed E-state index contributed by atoms with van der Waals surface area (Å²) in [6.45, 7) is 9.13. The van der Waals surface area contributed by atoms with Crippen molar-refractivity contribution in [1.29, 1.82) is 0 Å². The predicted molar refractivity (Wildman–Crippen MR) is 65.4 cm³/mol. The Morgan fingerprint density at radius 2 is 1.94 bits per heavy atom. The van der Waals surface area contributed by atoms with Gasteiger partial charge in [0.25, 0.3) is 0 Å². The normalized spacial score (nSPS) is 28.0. The second-order valence-corrected chi connectivity index (χ2v) is 8.23. The molecular formula is C11H23NO3S. The molecule has 0 bridgehead atoms. The summed E-state index contributed by atoms with van der Waals surface area (Å²) in [6, 6.07) is 0. The van der Waals surface area contributed by atoms with E-state index in [2.05, 4.69) is 5.32 Å². The molecule has 0 amide bonds. The Morgan fingerprint density at radius 3 is 2.44 bits per heavy atom. The molecule has 2 unspecified atom stereocenters. The summed E-state index contributed by atoms with van der Waals surface area (Å²) in [4.78, 5) is 0. The van der Waals surface area contributed by atoms with E-state index in [1.165, 1.54) is 0 Å². The van der Waals surface area contributed by atoms with Gasteiger partial charge in [-0.1, -0.05) is 0 Å². The standard InChI is InChI=1S/C11H23NO3S/c1-5-15-9-6-10(8-12-7-9)16(13,14)11(2,3)4/h9-10,12H,5-8H2,1-4H3. The van der Waals surface area contributed by atoms with Crippen molar-refractivity contribution in [1.82, 2.24) is 5.32 Å². The fourth-order valence-corrected chi connectivity index (χ4v) is 3.77.